The minimum Gasteiger partial charge on any atom is -0.494 e. The molecular weight excluding hydrogens is 496 g/mol. The van der Waals surface area contributed by atoms with Gasteiger partial charge in [-0.15, -0.1) is 0 Å². The number of hydrazone groups is 1. The van der Waals surface area contributed by atoms with E-state index in [9.17, 15) is 14.4 Å². The van der Waals surface area contributed by atoms with Gasteiger partial charge in [-0.1, -0.05) is 43.1 Å². The Balaban J connectivity index is 1.43. The third-order valence-corrected chi connectivity index (χ3v) is 5.04. The van der Waals surface area contributed by atoms with Crippen molar-refractivity contribution in [1.29, 1.82) is 0 Å². The lowest BCUT2D eigenvalue weighted by Gasteiger charge is -2.08. The maximum Gasteiger partial charge on any atom is 0.329 e. The first kappa shape index (κ1) is 27.2. The predicted molar refractivity (Wildman–Crippen MR) is 143 cm³/mol. The maximum absolute atomic E-state index is 12.1. The van der Waals surface area contributed by atoms with Crippen molar-refractivity contribution in [2.45, 2.75) is 19.8 Å². The molecule has 37 heavy (non-hydrogen) atoms. The highest BCUT2D eigenvalue weighted by Crippen LogP contribution is 2.17. The van der Waals surface area contributed by atoms with Crippen LogP contribution >= 0.6 is 11.6 Å². The molecule has 0 aliphatic heterocycles. The molecule has 0 unspecified atom stereocenters. The van der Waals surface area contributed by atoms with Crippen LogP contribution in [0.5, 0.6) is 11.5 Å². The topological polar surface area (TPSA) is 118 Å². The van der Waals surface area contributed by atoms with E-state index in [0.717, 1.165) is 12.8 Å². The van der Waals surface area contributed by atoms with Crippen LogP contribution in [0.15, 0.2) is 77.9 Å². The SMILES string of the molecule is CCCCOc1ccc(NC(=O)C(=O)N/N=C\c2cccc(OCC(=O)Nc3cccc(Cl)c3)c2)cc1. The van der Waals surface area contributed by atoms with Crippen molar-refractivity contribution in [2.75, 3.05) is 23.8 Å². The van der Waals surface area contributed by atoms with Crippen LogP contribution in [-0.4, -0.2) is 37.1 Å². The van der Waals surface area contributed by atoms with Crippen LogP contribution in [0.1, 0.15) is 25.3 Å². The number of amides is 3. The second kappa shape index (κ2) is 14.3. The normalized spacial score (nSPS) is 10.5. The summed E-state index contributed by atoms with van der Waals surface area (Å²) in [6.07, 6.45) is 3.35. The molecule has 192 valence electrons. The van der Waals surface area contributed by atoms with Gasteiger partial charge in [0, 0.05) is 16.4 Å². The third-order valence-electron chi connectivity index (χ3n) is 4.80. The van der Waals surface area contributed by atoms with E-state index in [2.05, 4.69) is 28.1 Å². The monoisotopic (exact) mass is 522 g/mol. The van der Waals surface area contributed by atoms with Crippen molar-refractivity contribution in [3.8, 4) is 11.5 Å². The van der Waals surface area contributed by atoms with E-state index < -0.39 is 11.8 Å². The Labute approximate surface area is 219 Å². The zero-order chi connectivity index (χ0) is 26.5. The molecule has 0 bridgehead atoms. The van der Waals surface area contributed by atoms with E-state index in [0.29, 0.717) is 40.1 Å². The summed E-state index contributed by atoms with van der Waals surface area (Å²) < 4.78 is 11.1. The summed E-state index contributed by atoms with van der Waals surface area (Å²) in [6.45, 7) is 2.49. The minimum absolute atomic E-state index is 0.212. The Kier molecular flexibility index (Phi) is 10.5. The van der Waals surface area contributed by atoms with Crippen LogP contribution in [0.4, 0.5) is 11.4 Å². The van der Waals surface area contributed by atoms with Crippen LogP contribution < -0.4 is 25.5 Å². The van der Waals surface area contributed by atoms with Crippen LogP contribution in [0.25, 0.3) is 0 Å². The van der Waals surface area contributed by atoms with Gasteiger partial charge in [0.1, 0.15) is 11.5 Å². The summed E-state index contributed by atoms with van der Waals surface area (Å²) in [5, 5.41) is 9.50. The molecule has 3 rings (SSSR count). The predicted octanol–water partition coefficient (Wildman–Crippen LogP) is 4.63. The van der Waals surface area contributed by atoms with E-state index in [4.69, 9.17) is 21.1 Å². The van der Waals surface area contributed by atoms with Crippen LogP contribution in [-0.2, 0) is 14.4 Å². The van der Waals surface area contributed by atoms with Crippen LogP contribution in [0, 0.1) is 0 Å². The highest BCUT2D eigenvalue weighted by atomic mass is 35.5. The summed E-state index contributed by atoms with van der Waals surface area (Å²) in [6, 6.07) is 20.3. The summed E-state index contributed by atoms with van der Waals surface area (Å²) in [4.78, 5) is 36.3. The Morgan fingerprint density at radius 2 is 1.65 bits per heavy atom. The lowest BCUT2D eigenvalue weighted by atomic mass is 10.2. The van der Waals surface area contributed by atoms with Gasteiger partial charge in [0.25, 0.3) is 5.91 Å². The second-order valence-corrected chi connectivity index (χ2v) is 8.24. The van der Waals surface area contributed by atoms with Crippen molar-refractivity contribution in [1.82, 2.24) is 5.43 Å². The number of carbonyl (C=O) groups is 3. The minimum atomic E-state index is -0.926. The van der Waals surface area contributed by atoms with E-state index in [1.807, 2.05) is 0 Å². The molecule has 0 saturated heterocycles. The number of nitrogens with one attached hydrogen (secondary N) is 3. The van der Waals surface area contributed by atoms with Gasteiger partial charge in [0.2, 0.25) is 0 Å². The van der Waals surface area contributed by atoms with Crippen LogP contribution in [0.3, 0.4) is 0 Å². The fourth-order valence-corrected chi connectivity index (χ4v) is 3.16. The highest BCUT2D eigenvalue weighted by molar-refractivity contribution is 6.39. The maximum atomic E-state index is 12.1. The van der Waals surface area contributed by atoms with Crippen molar-refractivity contribution < 1.29 is 23.9 Å². The number of halogens is 1. The number of benzene rings is 3. The lowest BCUT2D eigenvalue weighted by molar-refractivity contribution is -0.136. The fraction of sp³-hybridized carbons (Fsp3) is 0.185. The van der Waals surface area contributed by atoms with Gasteiger partial charge in [-0.3, -0.25) is 14.4 Å². The molecule has 0 radical (unpaired) electrons. The summed E-state index contributed by atoms with van der Waals surface area (Å²) >= 11 is 5.91. The third kappa shape index (κ3) is 9.65. The average molecular weight is 523 g/mol. The van der Waals surface area contributed by atoms with Gasteiger partial charge in [0.05, 0.1) is 12.8 Å². The number of unbranched alkanes of at least 4 members (excludes halogenated alkanes) is 1. The zero-order valence-corrected chi connectivity index (χ0v) is 21.0. The van der Waals surface area contributed by atoms with Gasteiger partial charge in [-0.2, -0.15) is 5.10 Å². The molecule has 0 fully saturated rings. The van der Waals surface area contributed by atoms with Crippen molar-refractivity contribution >= 4 is 46.9 Å². The number of rotatable bonds is 11. The number of ether oxygens (including phenoxy) is 2. The Morgan fingerprint density at radius 1 is 0.865 bits per heavy atom. The molecule has 0 atom stereocenters. The van der Waals surface area contributed by atoms with Gasteiger partial charge in [-0.05, 0) is 66.6 Å². The average Bonchev–Trinajstić information content (AvgIpc) is 2.89. The number of hydrogen-bond acceptors (Lipinski definition) is 6. The quantitative estimate of drug-likeness (QED) is 0.147. The molecule has 0 heterocycles. The van der Waals surface area contributed by atoms with Gasteiger partial charge in [-0.25, -0.2) is 5.43 Å². The molecule has 3 N–H and O–H groups in total. The van der Waals surface area contributed by atoms with Crippen molar-refractivity contribution in [3.63, 3.8) is 0 Å². The number of carbonyl (C=O) groups excluding carboxylic acids is 3. The molecule has 0 saturated carbocycles. The van der Waals surface area contributed by atoms with E-state index >= 15 is 0 Å². The smallest absolute Gasteiger partial charge is 0.329 e. The second-order valence-electron chi connectivity index (χ2n) is 7.80. The van der Waals surface area contributed by atoms with Gasteiger partial charge >= 0.3 is 11.8 Å². The van der Waals surface area contributed by atoms with Crippen molar-refractivity contribution in [3.05, 3.63) is 83.4 Å². The first-order valence-corrected chi connectivity index (χ1v) is 12.0. The first-order valence-electron chi connectivity index (χ1n) is 11.6. The largest absolute Gasteiger partial charge is 0.494 e. The molecule has 0 aromatic heterocycles. The molecule has 9 nitrogen and oxygen atoms in total. The molecular formula is C27H27ClN4O5. The molecule has 3 aromatic carbocycles. The number of hydrogen-bond donors (Lipinski definition) is 3. The summed E-state index contributed by atoms with van der Waals surface area (Å²) in [5.74, 6) is -1.02. The Bertz CT molecular complexity index is 1250. The highest BCUT2D eigenvalue weighted by Gasteiger charge is 2.13. The van der Waals surface area contributed by atoms with Crippen molar-refractivity contribution in [2.24, 2.45) is 5.10 Å². The summed E-state index contributed by atoms with van der Waals surface area (Å²) in [7, 11) is 0. The standard InChI is InChI=1S/C27H27ClN4O5/c1-2-3-14-36-23-12-10-21(11-13-23)31-26(34)27(35)32-29-17-19-6-4-9-24(15-19)37-18-25(33)30-22-8-5-7-20(28)16-22/h4-13,15-17H,2-3,14,18H2,1H3,(H,30,33)(H,31,34)(H,32,35)/b29-17-. The van der Waals surface area contributed by atoms with Gasteiger partial charge in [0.15, 0.2) is 6.61 Å². The van der Waals surface area contributed by atoms with Crippen LogP contribution in [0.2, 0.25) is 5.02 Å². The zero-order valence-electron chi connectivity index (χ0n) is 20.2. The molecule has 0 aliphatic carbocycles. The first-order chi connectivity index (χ1) is 17.9. The molecule has 0 aliphatic rings. The Hall–Kier alpha value is -4.37. The fourth-order valence-electron chi connectivity index (χ4n) is 2.97. The van der Waals surface area contributed by atoms with Gasteiger partial charge < -0.3 is 20.1 Å². The number of nitrogens with zero attached hydrogens (tertiary/aromatic N) is 1. The lowest BCUT2D eigenvalue weighted by Crippen LogP contribution is -2.32. The molecule has 3 amide bonds. The molecule has 0 spiro atoms. The molecule has 3 aromatic rings. The molecule has 10 heteroatoms. The van der Waals surface area contributed by atoms with E-state index in [1.165, 1.54) is 6.21 Å². The Morgan fingerprint density at radius 3 is 2.41 bits per heavy atom. The number of anilines is 2. The van der Waals surface area contributed by atoms with E-state index in [-0.39, 0.29) is 12.5 Å². The van der Waals surface area contributed by atoms with E-state index in [1.54, 1.807) is 72.8 Å². The summed E-state index contributed by atoms with van der Waals surface area (Å²) in [5.41, 5.74) is 3.79.